The summed E-state index contributed by atoms with van der Waals surface area (Å²) in [6.45, 7) is 4.65. The molecule has 18 heavy (non-hydrogen) atoms. The van der Waals surface area contributed by atoms with Crippen molar-refractivity contribution in [3.05, 3.63) is 29.8 Å². The van der Waals surface area contributed by atoms with Crippen molar-refractivity contribution in [1.29, 1.82) is 0 Å². The number of carbonyl (C=O) groups excluding carboxylic acids is 1. The van der Waals surface area contributed by atoms with Crippen LogP contribution >= 0.6 is 0 Å². The van der Waals surface area contributed by atoms with Gasteiger partial charge in [-0.2, -0.15) is 0 Å². The van der Waals surface area contributed by atoms with Crippen LogP contribution in [0.4, 0.5) is 10.5 Å². The minimum atomic E-state index is -1.06. The summed E-state index contributed by atoms with van der Waals surface area (Å²) < 4.78 is 0. The molecule has 0 aliphatic heterocycles. The van der Waals surface area contributed by atoms with Gasteiger partial charge in [-0.3, -0.25) is 0 Å². The van der Waals surface area contributed by atoms with E-state index >= 15 is 0 Å². The monoisotopic (exact) mass is 250 g/mol. The Balaban J connectivity index is 2.62. The van der Waals surface area contributed by atoms with Crippen molar-refractivity contribution in [3.8, 4) is 0 Å². The van der Waals surface area contributed by atoms with E-state index in [-0.39, 0.29) is 11.6 Å². The molecule has 1 rings (SSSR count). The Bertz CT molecular complexity index is 432. The highest BCUT2D eigenvalue weighted by Gasteiger charge is 2.11. The van der Waals surface area contributed by atoms with Crippen LogP contribution in [0, 0.1) is 5.92 Å². The Morgan fingerprint density at radius 3 is 2.61 bits per heavy atom. The molecule has 0 aliphatic rings. The molecular formula is C13H18N2O3. The number of hydrogen-bond donors (Lipinski definition) is 3. The third-order valence-corrected chi connectivity index (χ3v) is 2.71. The summed E-state index contributed by atoms with van der Waals surface area (Å²) in [6.07, 6.45) is 0.978. The second-order valence-electron chi connectivity index (χ2n) is 4.20. The second kappa shape index (κ2) is 6.64. The van der Waals surface area contributed by atoms with Gasteiger partial charge in [0.25, 0.3) is 0 Å². The summed E-state index contributed by atoms with van der Waals surface area (Å²) in [4.78, 5) is 22.5. The van der Waals surface area contributed by atoms with Crippen molar-refractivity contribution < 1.29 is 14.7 Å². The summed E-state index contributed by atoms with van der Waals surface area (Å²) in [7, 11) is 0. The maximum Gasteiger partial charge on any atom is 0.337 e. The molecule has 0 aromatic heterocycles. The largest absolute Gasteiger partial charge is 0.478 e. The number of anilines is 1. The van der Waals surface area contributed by atoms with Gasteiger partial charge in [0.15, 0.2) is 0 Å². The van der Waals surface area contributed by atoms with E-state index in [2.05, 4.69) is 10.6 Å². The zero-order valence-electron chi connectivity index (χ0n) is 10.6. The van der Waals surface area contributed by atoms with E-state index in [1.807, 2.05) is 13.8 Å². The summed E-state index contributed by atoms with van der Waals surface area (Å²) in [5.74, 6) is -0.668. The first-order chi connectivity index (χ1) is 8.54. The minimum Gasteiger partial charge on any atom is -0.478 e. The van der Waals surface area contributed by atoms with E-state index in [9.17, 15) is 9.59 Å². The Hall–Kier alpha value is -2.04. The van der Waals surface area contributed by atoms with Gasteiger partial charge in [-0.1, -0.05) is 32.4 Å². The summed E-state index contributed by atoms with van der Waals surface area (Å²) >= 11 is 0. The smallest absolute Gasteiger partial charge is 0.337 e. The Morgan fingerprint density at radius 1 is 1.33 bits per heavy atom. The standard InChI is InChI=1S/C13H18N2O3/c1-3-9(2)8-14-13(18)15-11-7-5-4-6-10(11)12(16)17/h4-7,9H,3,8H2,1-2H3,(H,16,17)(H2,14,15,18). The molecule has 1 unspecified atom stereocenters. The molecule has 1 atom stereocenters. The predicted octanol–water partition coefficient (Wildman–Crippen LogP) is 2.55. The van der Waals surface area contributed by atoms with Gasteiger partial charge in [0.1, 0.15) is 0 Å². The van der Waals surface area contributed by atoms with Crippen molar-refractivity contribution >= 4 is 17.7 Å². The molecule has 98 valence electrons. The second-order valence-corrected chi connectivity index (χ2v) is 4.20. The van der Waals surface area contributed by atoms with Gasteiger partial charge in [0, 0.05) is 6.54 Å². The Morgan fingerprint density at radius 2 is 2.00 bits per heavy atom. The average Bonchev–Trinajstić information content (AvgIpc) is 2.36. The number of carboxylic acids is 1. The number of rotatable bonds is 5. The third-order valence-electron chi connectivity index (χ3n) is 2.71. The maximum atomic E-state index is 11.6. The fraction of sp³-hybridized carbons (Fsp3) is 0.385. The lowest BCUT2D eigenvalue weighted by atomic mass is 10.1. The zero-order chi connectivity index (χ0) is 13.5. The first-order valence-corrected chi connectivity index (χ1v) is 5.91. The lowest BCUT2D eigenvalue weighted by Crippen LogP contribution is -2.32. The number of hydrogen-bond acceptors (Lipinski definition) is 2. The van der Waals surface area contributed by atoms with E-state index < -0.39 is 5.97 Å². The lowest BCUT2D eigenvalue weighted by Gasteiger charge is -2.12. The number of carbonyl (C=O) groups is 2. The number of nitrogens with one attached hydrogen (secondary N) is 2. The zero-order valence-corrected chi connectivity index (χ0v) is 10.6. The van der Waals surface area contributed by atoms with Gasteiger partial charge in [0.05, 0.1) is 11.3 Å². The van der Waals surface area contributed by atoms with Crippen LogP contribution in [0.2, 0.25) is 0 Å². The fourth-order valence-corrected chi connectivity index (χ4v) is 1.36. The Kier molecular flexibility index (Phi) is 5.17. The van der Waals surface area contributed by atoms with Gasteiger partial charge in [-0.05, 0) is 18.1 Å². The molecule has 1 aromatic carbocycles. The molecule has 0 spiro atoms. The van der Waals surface area contributed by atoms with E-state index in [0.717, 1.165) is 6.42 Å². The number of urea groups is 1. The Labute approximate surface area is 106 Å². The number of amides is 2. The van der Waals surface area contributed by atoms with E-state index in [4.69, 9.17) is 5.11 Å². The van der Waals surface area contributed by atoms with E-state index in [1.165, 1.54) is 6.07 Å². The van der Waals surface area contributed by atoms with Crippen LogP contribution < -0.4 is 10.6 Å². The van der Waals surface area contributed by atoms with Gasteiger partial charge in [-0.25, -0.2) is 9.59 Å². The number of benzene rings is 1. The normalized spacial score (nSPS) is 11.7. The first-order valence-electron chi connectivity index (χ1n) is 5.91. The quantitative estimate of drug-likeness (QED) is 0.751. The molecule has 0 radical (unpaired) electrons. The van der Waals surface area contributed by atoms with Gasteiger partial charge >= 0.3 is 12.0 Å². The topological polar surface area (TPSA) is 78.4 Å². The number of carboxylic acid groups (broad SMARTS) is 1. The molecule has 2 amide bonds. The lowest BCUT2D eigenvalue weighted by molar-refractivity contribution is 0.0698. The van der Waals surface area contributed by atoms with Crippen molar-refractivity contribution in [1.82, 2.24) is 5.32 Å². The molecule has 0 fully saturated rings. The van der Waals surface area contributed by atoms with Crippen molar-refractivity contribution in [2.45, 2.75) is 20.3 Å². The molecule has 0 aliphatic carbocycles. The van der Waals surface area contributed by atoms with Crippen LogP contribution in [0.3, 0.4) is 0 Å². The molecule has 0 saturated carbocycles. The van der Waals surface area contributed by atoms with Gasteiger partial charge in [0.2, 0.25) is 0 Å². The minimum absolute atomic E-state index is 0.0798. The number of para-hydroxylation sites is 1. The van der Waals surface area contributed by atoms with Crippen LogP contribution in [0.5, 0.6) is 0 Å². The molecule has 0 heterocycles. The molecular weight excluding hydrogens is 232 g/mol. The molecule has 1 aromatic rings. The van der Waals surface area contributed by atoms with Crippen LogP contribution in [0.25, 0.3) is 0 Å². The summed E-state index contributed by atoms with van der Waals surface area (Å²) in [5, 5.41) is 14.2. The van der Waals surface area contributed by atoms with Crippen LogP contribution in [-0.2, 0) is 0 Å². The van der Waals surface area contributed by atoms with Crippen molar-refractivity contribution in [2.24, 2.45) is 5.92 Å². The highest BCUT2D eigenvalue weighted by molar-refractivity contribution is 5.99. The summed E-state index contributed by atoms with van der Waals surface area (Å²) in [6, 6.07) is 5.92. The highest BCUT2D eigenvalue weighted by atomic mass is 16.4. The molecule has 0 saturated heterocycles. The SMILES string of the molecule is CCC(C)CNC(=O)Nc1ccccc1C(=O)O. The predicted molar refractivity (Wildman–Crippen MR) is 69.9 cm³/mol. The molecule has 5 nitrogen and oxygen atoms in total. The fourth-order valence-electron chi connectivity index (χ4n) is 1.36. The molecule has 0 bridgehead atoms. The van der Waals surface area contributed by atoms with Crippen molar-refractivity contribution in [2.75, 3.05) is 11.9 Å². The van der Waals surface area contributed by atoms with Crippen LogP contribution in [-0.4, -0.2) is 23.7 Å². The molecule has 3 N–H and O–H groups in total. The first kappa shape index (κ1) is 14.0. The van der Waals surface area contributed by atoms with Crippen molar-refractivity contribution in [3.63, 3.8) is 0 Å². The van der Waals surface area contributed by atoms with Crippen LogP contribution in [0.1, 0.15) is 30.6 Å². The van der Waals surface area contributed by atoms with Crippen LogP contribution in [0.15, 0.2) is 24.3 Å². The summed E-state index contributed by atoms with van der Waals surface area (Å²) in [5.41, 5.74) is 0.378. The average molecular weight is 250 g/mol. The third kappa shape index (κ3) is 4.08. The van der Waals surface area contributed by atoms with E-state index in [0.29, 0.717) is 18.2 Å². The van der Waals surface area contributed by atoms with Gasteiger partial charge in [-0.15, -0.1) is 0 Å². The number of aromatic carboxylic acids is 1. The van der Waals surface area contributed by atoms with E-state index in [1.54, 1.807) is 18.2 Å². The maximum absolute atomic E-state index is 11.6. The highest BCUT2D eigenvalue weighted by Crippen LogP contribution is 2.14. The molecule has 5 heteroatoms. The van der Waals surface area contributed by atoms with Gasteiger partial charge < -0.3 is 15.7 Å².